The van der Waals surface area contributed by atoms with E-state index in [-0.39, 0.29) is 6.10 Å². The number of fused-ring (bicyclic) bond motifs is 1. The molecule has 130 valence electrons. The third-order valence-corrected chi connectivity index (χ3v) is 4.63. The third-order valence-electron chi connectivity index (χ3n) is 4.63. The number of hydrogen-bond acceptors (Lipinski definition) is 6. The lowest BCUT2D eigenvalue weighted by Gasteiger charge is -2.33. The summed E-state index contributed by atoms with van der Waals surface area (Å²) in [5, 5.41) is 16.5. The molecule has 1 atom stereocenters. The van der Waals surface area contributed by atoms with Crippen molar-refractivity contribution in [3.8, 4) is 5.75 Å². The molecule has 1 saturated heterocycles. The van der Waals surface area contributed by atoms with Crippen molar-refractivity contribution < 1.29 is 9.47 Å². The molecule has 7 heteroatoms. The number of benzene rings is 2. The summed E-state index contributed by atoms with van der Waals surface area (Å²) in [7, 11) is 1.69. The van der Waals surface area contributed by atoms with E-state index in [0.717, 1.165) is 44.2 Å². The zero-order valence-electron chi connectivity index (χ0n) is 14.2. The van der Waals surface area contributed by atoms with Gasteiger partial charge < -0.3 is 9.47 Å². The molecule has 3 aromatic rings. The first-order valence-corrected chi connectivity index (χ1v) is 8.46. The molecule has 4 rings (SSSR count). The second kappa shape index (κ2) is 7.16. The smallest absolute Gasteiger partial charge is 0.175 e. The minimum absolute atomic E-state index is 0.0884. The maximum Gasteiger partial charge on any atom is 0.175 e. The Bertz CT molecular complexity index is 837. The molecular weight excluding hydrogens is 318 g/mol. The molecule has 0 radical (unpaired) electrons. The Morgan fingerprint density at radius 1 is 1.24 bits per heavy atom. The Morgan fingerprint density at radius 2 is 2.12 bits per heavy atom. The van der Waals surface area contributed by atoms with Gasteiger partial charge in [-0.05, 0) is 34.5 Å². The summed E-state index contributed by atoms with van der Waals surface area (Å²) in [6, 6.07) is 12.6. The average Bonchev–Trinajstić information content (AvgIpc) is 3.19. The summed E-state index contributed by atoms with van der Waals surface area (Å²) in [5.74, 6) is 1.63. The van der Waals surface area contributed by atoms with Gasteiger partial charge in [0.1, 0.15) is 5.75 Å². The van der Waals surface area contributed by atoms with Gasteiger partial charge in [-0.1, -0.05) is 23.4 Å². The van der Waals surface area contributed by atoms with Gasteiger partial charge in [0.05, 0.1) is 19.8 Å². The SMILES string of the molecule is COc1ccc2cc(C3CN(CCc4nn[nH]n4)CCO3)ccc2c1. The van der Waals surface area contributed by atoms with E-state index in [1.54, 1.807) is 7.11 Å². The van der Waals surface area contributed by atoms with Gasteiger partial charge in [-0.25, -0.2) is 0 Å². The number of aromatic amines is 1. The fourth-order valence-electron chi connectivity index (χ4n) is 3.22. The number of methoxy groups -OCH3 is 1. The number of rotatable bonds is 5. The molecule has 0 bridgehead atoms. The molecule has 7 nitrogen and oxygen atoms in total. The first kappa shape index (κ1) is 16.0. The quantitative estimate of drug-likeness (QED) is 0.766. The molecule has 0 spiro atoms. The van der Waals surface area contributed by atoms with E-state index in [0.29, 0.717) is 0 Å². The normalized spacial score (nSPS) is 18.5. The Labute approximate surface area is 145 Å². The van der Waals surface area contributed by atoms with Crippen molar-refractivity contribution in [1.82, 2.24) is 25.5 Å². The molecule has 0 saturated carbocycles. The molecule has 2 heterocycles. The highest BCUT2D eigenvalue weighted by molar-refractivity contribution is 5.84. The zero-order chi connectivity index (χ0) is 17.1. The summed E-state index contributed by atoms with van der Waals surface area (Å²) in [5.41, 5.74) is 1.21. The highest BCUT2D eigenvalue weighted by Gasteiger charge is 2.22. The number of H-pyrrole nitrogens is 1. The molecule has 0 aliphatic carbocycles. The Morgan fingerprint density at radius 3 is 2.96 bits per heavy atom. The van der Waals surface area contributed by atoms with Crippen molar-refractivity contribution in [3.63, 3.8) is 0 Å². The zero-order valence-corrected chi connectivity index (χ0v) is 14.2. The molecular formula is C18H21N5O2. The maximum absolute atomic E-state index is 6.01. The van der Waals surface area contributed by atoms with Crippen molar-refractivity contribution in [2.24, 2.45) is 0 Å². The van der Waals surface area contributed by atoms with Crippen LogP contribution < -0.4 is 4.74 Å². The van der Waals surface area contributed by atoms with Crippen molar-refractivity contribution in [3.05, 3.63) is 47.8 Å². The van der Waals surface area contributed by atoms with Crippen LogP contribution in [-0.4, -0.2) is 58.9 Å². The molecule has 1 N–H and O–H groups in total. The van der Waals surface area contributed by atoms with E-state index in [2.05, 4.69) is 55.9 Å². The third kappa shape index (κ3) is 3.62. The van der Waals surface area contributed by atoms with E-state index in [1.165, 1.54) is 16.3 Å². The van der Waals surface area contributed by atoms with Gasteiger partial charge in [-0.2, -0.15) is 5.21 Å². The van der Waals surface area contributed by atoms with Gasteiger partial charge >= 0.3 is 0 Å². The first-order valence-electron chi connectivity index (χ1n) is 8.46. The van der Waals surface area contributed by atoms with E-state index in [1.807, 2.05) is 6.07 Å². The van der Waals surface area contributed by atoms with Crippen LogP contribution in [0, 0.1) is 0 Å². The van der Waals surface area contributed by atoms with Gasteiger partial charge in [0.25, 0.3) is 0 Å². The molecule has 2 aromatic carbocycles. The van der Waals surface area contributed by atoms with Crippen molar-refractivity contribution in [2.75, 3.05) is 33.4 Å². The largest absolute Gasteiger partial charge is 0.497 e. The van der Waals surface area contributed by atoms with E-state index in [4.69, 9.17) is 9.47 Å². The number of tetrazole rings is 1. The summed E-state index contributed by atoms with van der Waals surface area (Å²) < 4.78 is 11.3. The predicted octanol–water partition coefficient (Wildman–Crippen LogP) is 1.98. The highest BCUT2D eigenvalue weighted by Crippen LogP contribution is 2.27. The predicted molar refractivity (Wildman–Crippen MR) is 93.5 cm³/mol. The average molecular weight is 339 g/mol. The van der Waals surface area contributed by atoms with Gasteiger partial charge in [-0.15, -0.1) is 10.2 Å². The Hall–Kier alpha value is -2.51. The second-order valence-corrected chi connectivity index (χ2v) is 6.21. The van der Waals surface area contributed by atoms with Crippen molar-refractivity contribution >= 4 is 10.8 Å². The number of hydrogen-bond donors (Lipinski definition) is 1. The molecule has 1 unspecified atom stereocenters. The number of ether oxygens (including phenoxy) is 2. The minimum Gasteiger partial charge on any atom is -0.497 e. The number of nitrogens with zero attached hydrogens (tertiary/aromatic N) is 4. The summed E-state index contributed by atoms with van der Waals surface area (Å²) in [6.45, 7) is 3.44. The van der Waals surface area contributed by atoms with E-state index >= 15 is 0 Å². The van der Waals surface area contributed by atoms with Crippen LogP contribution in [0.3, 0.4) is 0 Å². The van der Waals surface area contributed by atoms with Gasteiger partial charge in [0.2, 0.25) is 0 Å². The fourth-order valence-corrected chi connectivity index (χ4v) is 3.22. The fraction of sp³-hybridized carbons (Fsp3) is 0.389. The van der Waals surface area contributed by atoms with Crippen LogP contribution >= 0.6 is 0 Å². The van der Waals surface area contributed by atoms with Crippen molar-refractivity contribution in [1.29, 1.82) is 0 Å². The molecule has 1 aliphatic rings. The Balaban J connectivity index is 1.46. The van der Waals surface area contributed by atoms with Crippen LogP contribution in [0.1, 0.15) is 17.5 Å². The lowest BCUT2D eigenvalue weighted by molar-refractivity contribution is -0.0296. The molecule has 25 heavy (non-hydrogen) atoms. The van der Waals surface area contributed by atoms with Crippen LogP contribution in [-0.2, 0) is 11.2 Å². The molecule has 1 aliphatic heterocycles. The van der Waals surface area contributed by atoms with Gasteiger partial charge in [-0.3, -0.25) is 4.90 Å². The van der Waals surface area contributed by atoms with E-state index in [9.17, 15) is 0 Å². The standard InChI is InChI=1S/C18H21N5O2/c1-24-16-5-4-13-10-15(3-2-14(13)11-16)17-12-23(8-9-25-17)7-6-18-19-21-22-20-18/h2-5,10-11,17H,6-9,12H2,1H3,(H,19,20,21,22). The highest BCUT2D eigenvalue weighted by atomic mass is 16.5. The lowest BCUT2D eigenvalue weighted by atomic mass is 10.0. The lowest BCUT2D eigenvalue weighted by Crippen LogP contribution is -2.39. The minimum atomic E-state index is 0.0884. The van der Waals surface area contributed by atoms with Crippen LogP contribution in [0.15, 0.2) is 36.4 Å². The summed E-state index contributed by atoms with van der Waals surface area (Å²) in [4.78, 5) is 2.39. The topological polar surface area (TPSA) is 76.2 Å². The Kier molecular flexibility index (Phi) is 4.58. The number of nitrogens with one attached hydrogen (secondary N) is 1. The number of morpholine rings is 1. The molecule has 1 aromatic heterocycles. The van der Waals surface area contributed by atoms with Crippen LogP contribution in [0.5, 0.6) is 5.75 Å². The summed E-state index contributed by atoms with van der Waals surface area (Å²) in [6.07, 6.45) is 0.881. The summed E-state index contributed by atoms with van der Waals surface area (Å²) >= 11 is 0. The monoisotopic (exact) mass is 339 g/mol. The van der Waals surface area contributed by atoms with Gasteiger partial charge in [0.15, 0.2) is 5.82 Å². The molecule has 0 amide bonds. The van der Waals surface area contributed by atoms with Crippen LogP contribution in [0.25, 0.3) is 10.8 Å². The van der Waals surface area contributed by atoms with E-state index < -0.39 is 0 Å². The van der Waals surface area contributed by atoms with Gasteiger partial charge in [0, 0.05) is 26.1 Å². The number of aromatic nitrogens is 4. The second-order valence-electron chi connectivity index (χ2n) is 6.21. The van der Waals surface area contributed by atoms with Crippen LogP contribution in [0.4, 0.5) is 0 Å². The van der Waals surface area contributed by atoms with Crippen molar-refractivity contribution in [2.45, 2.75) is 12.5 Å². The van der Waals surface area contributed by atoms with Crippen LogP contribution in [0.2, 0.25) is 0 Å². The first-order chi connectivity index (χ1) is 12.3. The molecule has 1 fully saturated rings. The maximum atomic E-state index is 6.01.